The number of amides is 1. The van der Waals surface area contributed by atoms with E-state index < -0.39 is 11.6 Å². The van der Waals surface area contributed by atoms with Crippen molar-refractivity contribution in [2.45, 2.75) is 6.42 Å². The third kappa shape index (κ3) is 3.86. The Kier molecular flexibility index (Phi) is 5.07. The molecule has 0 aliphatic rings. The first kappa shape index (κ1) is 18.4. The molecule has 0 fully saturated rings. The molecule has 29 heavy (non-hydrogen) atoms. The van der Waals surface area contributed by atoms with Gasteiger partial charge in [-0.15, -0.1) is 0 Å². The van der Waals surface area contributed by atoms with Crippen LogP contribution in [0.1, 0.15) is 5.56 Å². The van der Waals surface area contributed by atoms with E-state index in [0.29, 0.717) is 5.69 Å². The van der Waals surface area contributed by atoms with Gasteiger partial charge in [0.2, 0.25) is 11.8 Å². The SMILES string of the molecule is O=C(Cc1ccccc1)Nc1onc(-c2c(F)cccc2F)c1-c1ccncn1. The normalized spacial score (nSPS) is 10.7. The fourth-order valence-electron chi connectivity index (χ4n) is 2.90. The quantitative estimate of drug-likeness (QED) is 0.549. The van der Waals surface area contributed by atoms with E-state index in [2.05, 4.69) is 20.4 Å². The lowest BCUT2D eigenvalue weighted by Crippen LogP contribution is -2.14. The first-order valence-corrected chi connectivity index (χ1v) is 8.67. The number of benzene rings is 2. The van der Waals surface area contributed by atoms with Crippen molar-refractivity contribution in [1.82, 2.24) is 15.1 Å². The number of rotatable bonds is 5. The fourth-order valence-corrected chi connectivity index (χ4v) is 2.90. The minimum absolute atomic E-state index is 0.0534. The van der Waals surface area contributed by atoms with Crippen molar-refractivity contribution in [2.24, 2.45) is 0 Å². The molecule has 4 rings (SSSR count). The summed E-state index contributed by atoms with van der Waals surface area (Å²) in [4.78, 5) is 20.4. The molecule has 0 bridgehead atoms. The molecule has 0 atom stereocenters. The minimum atomic E-state index is -0.809. The summed E-state index contributed by atoms with van der Waals surface area (Å²) in [7, 11) is 0. The van der Waals surface area contributed by atoms with Gasteiger partial charge in [-0.3, -0.25) is 10.1 Å². The smallest absolute Gasteiger partial charge is 0.241 e. The number of halogens is 2. The second-order valence-electron chi connectivity index (χ2n) is 6.14. The van der Waals surface area contributed by atoms with Crippen LogP contribution in [0, 0.1) is 11.6 Å². The highest BCUT2D eigenvalue weighted by Gasteiger charge is 2.26. The molecular formula is C21H14F2N4O2. The van der Waals surface area contributed by atoms with Crippen LogP contribution in [-0.2, 0) is 11.2 Å². The number of nitrogens with zero attached hydrogens (tertiary/aromatic N) is 3. The molecule has 1 amide bonds. The molecule has 6 nitrogen and oxygen atoms in total. The highest BCUT2D eigenvalue weighted by molar-refractivity contribution is 5.97. The van der Waals surface area contributed by atoms with Crippen LogP contribution in [0.5, 0.6) is 0 Å². The van der Waals surface area contributed by atoms with Crippen LogP contribution in [0.2, 0.25) is 0 Å². The average Bonchev–Trinajstić information content (AvgIpc) is 3.12. The number of carbonyl (C=O) groups excluding carboxylic acids is 1. The van der Waals surface area contributed by atoms with E-state index in [9.17, 15) is 13.6 Å². The lowest BCUT2D eigenvalue weighted by molar-refractivity contribution is -0.115. The predicted octanol–water partition coefficient (Wildman–Crippen LogP) is 4.26. The van der Waals surface area contributed by atoms with Gasteiger partial charge in [-0.25, -0.2) is 18.7 Å². The summed E-state index contributed by atoms with van der Waals surface area (Å²) in [5.74, 6) is -2.04. The van der Waals surface area contributed by atoms with Gasteiger partial charge in [0, 0.05) is 6.20 Å². The molecule has 0 saturated heterocycles. The largest absolute Gasteiger partial charge is 0.337 e. The minimum Gasteiger partial charge on any atom is -0.337 e. The summed E-state index contributed by atoms with van der Waals surface area (Å²) in [6.45, 7) is 0. The predicted molar refractivity (Wildman–Crippen MR) is 102 cm³/mol. The standard InChI is InChI=1S/C21H14F2N4O2/c22-14-7-4-8-15(23)18(14)20-19(16-9-10-24-12-25-16)21(29-27-20)26-17(28)11-13-5-2-1-3-6-13/h1-10,12H,11H2,(H,26,28). The van der Waals surface area contributed by atoms with Crippen LogP contribution in [-0.4, -0.2) is 21.0 Å². The Morgan fingerprint density at radius 3 is 2.41 bits per heavy atom. The van der Waals surface area contributed by atoms with Crippen LogP contribution in [0.25, 0.3) is 22.5 Å². The van der Waals surface area contributed by atoms with Crippen molar-refractivity contribution in [2.75, 3.05) is 5.32 Å². The van der Waals surface area contributed by atoms with Crippen LogP contribution >= 0.6 is 0 Å². The number of carbonyl (C=O) groups is 1. The Morgan fingerprint density at radius 1 is 0.966 bits per heavy atom. The van der Waals surface area contributed by atoms with E-state index in [4.69, 9.17) is 4.52 Å². The van der Waals surface area contributed by atoms with Gasteiger partial charge in [0.05, 0.1) is 23.2 Å². The van der Waals surface area contributed by atoms with Crippen molar-refractivity contribution in [3.05, 3.63) is 84.3 Å². The first-order valence-electron chi connectivity index (χ1n) is 8.67. The molecule has 4 aromatic rings. The molecular weight excluding hydrogens is 378 g/mol. The summed E-state index contributed by atoms with van der Waals surface area (Å²) in [6, 6.07) is 14.1. The molecule has 0 aliphatic carbocycles. The summed E-state index contributed by atoms with van der Waals surface area (Å²) in [5.41, 5.74) is 0.794. The molecule has 0 spiro atoms. The van der Waals surface area contributed by atoms with Gasteiger partial charge in [0.25, 0.3) is 0 Å². The van der Waals surface area contributed by atoms with E-state index in [1.165, 1.54) is 24.7 Å². The molecule has 0 aliphatic heterocycles. The van der Waals surface area contributed by atoms with Gasteiger partial charge in [0.15, 0.2) is 0 Å². The second-order valence-corrected chi connectivity index (χ2v) is 6.14. The van der Waals surface area contributed by atoms with Crippen molar-refractivity contribution in [1.29, 1.82) is 0 Å². The highest BCUT2D eigenvalue weighted by Crippen LogP contribution is 2.38. The van der Waals surface area contributed by atoms with E-state index in [0.717, 1.165) is 17.7 Å². The summed E-state index contributed by atoms with van der Waals surface area (Å²) >= 11 is 0. The molecule has 2 aromatic carbocycles. The zero-order valence-corrected chi connectivity index (χ0v) is 15.0. The Hall–Kier alpha value is -3.94. The molecule has 0 radical (unpaired) electrons. The van der Waals surface area contributed by atoms with Gasteiger partial charge < -0.3 is 4.52 Å². The van der Waals surface area contributed by atoms with Crippen LogP contribution in [0.3, 0.4) is 0 Å². The van der Waals surface area contributed by atoms with Gasteiger partial charge in [-0.05, 0) is 23.8 Å². The van der Waals surface area contributed by atoms with Crippen LogP contribution < -0.4 is 5.32 Å². The van der Waals surface area contributed by atoms with E-state index in [1.54, 1.807) is 0 Å². The Balaban J connectivity index is 1.75. The van der Waals surface area contributed by atoms with Crippen molar-refractivity contribution < 1.29 is 18.1 Å². The van der Waals surface area contributed by atoms with Gasteiger partial charge in [-0.2, -0.15) is 0 Å². The maximum atomic E-state index is 14.3. The second kappa shape index (κ2) is 7.97. The highest BCUT2D eigenvalue weighted by atomic mass is 19.1. The third-order valence-electron chi connectivity index (χ3n) is 4.19. The number of aromatic nitrogens is 3. The molecule has 2 heterocycles. The molecule has 0 saturated carbocycles. The van der Waals surface area contributed by atoms with E-state index in [-0.39, 0.29) is 35.0 Å². The number of hydrogen-bond acceptors (Lipinski definition) is 5. The maximum absolute atomic E-state index is 14.3. The van der Waals surface area contributed by atoms with Crippen molar-refractivity contribution in [3.8, 4) is 22.5 Å². The monoisotopic (exact) mass is 392 g/mol. The van der Waals surface area contributed by atoms with Crippen LogP contribution in [0.15, 0.2) is 71.6 Å². The molecule has 0 unspecified atom stereocenters. The molecule has 2 aromatic heterocycles. The van der Waals surface area contributed by atoms with Gasteiger partial charge in [-0.1, -0.05) is 41.6 Å². The Morgan fingerprint density at radius 2 is 1.72 bits per heavy atom. The van der Waals surface area contributed by atoms with Crippen LogP contribution in [0.4, 0.5) is 14.7 Å². The van der Waals surface area contributed by atoms with E-state index in [1.807, 2.05) is 30.3 Å². The zero-order valence-electron chi connectivity index (χ0n) is 15.0. The van der Waals surface area contributed by atoms with Crippen molar-refractivity contribution in [3.63, 3.8) is 0 Å². The number of hydrogen-bond donors (Lipinski definition) is 1. The maximum Gasteiger partial charge on any atom is 0.241 e. The van der Waals surface area contributed by atoms with E-state index >= 15 is 0 Å². The summed E-state index contributed by atoms with van der Waals surface area (Å²) in [6.07, 6.45) is 2.83. The fraction of sp³-hybridized carbons (Fsp3) is 0.0476. The molecule has 1 N–H and O–H groups in total. The lowest BCUT2D eigenvalue weighted by atomic mass is 10.0. The number of anilines is 1. The first-order chi connectivity index (χ1) is 14.1. The Bertz CT molecular complexity index is 1130. The van der Waals surface area contributed by atoms with Crippen molar-refractivity contribution >= 4 is 11.8 Å². The number of nitrogens with one attached hydrogen (secondary N) is 1. The van der Waals surface area contributed by atoms with Gasteiger partial charge in [0.1, 0.15) is 23.7 Å². The molecule has 8 heteroatoms. The van der Waals surface area contributed by atoms with Gasteiger partial charge >= 0.3 is 0 Å². The Labute approximate surface area is 164 Å². The summed E-state index contributed by atoms with van der Waals surface area (Å²) < 4.78 is 33.9. The zero-order chi connectivity index (χ0) is 20.2. The molecule has 144 valence electrons. The average molecular weight is 392 g/mol. The third-order valence-corrected chi connectivity index (χ3v) is 4.19. The lowest BCUT2D eigenvalue weighted by Gasteiger charge is -2.07. The summed E-state index contributed by atoms with van der Waals surface area (Å²) in [5, 5.41) is 6.43. The topological polar surface area (TPSA) is 80.9 Å².